The van der Waals surface area contributed by atoms with Gasteiger partial charge in [-0.15, -0.1) is 16.4 Å². The molecule has 9 heteroatoms. The van der Waals surface area contributed by atoms with Crippen molar-refractivity contribution in [3.05, 3.63) is 45.5 Å². The fraction of sp³-hybridized carbons (Fsp3) is 0.450. The lowest BCUT2D eigenvalue weighted by molar-refractivity contribution is -0.131. The minimum atomic E-state index is -0.0608. The fourth-order valence-corrected chi connectivity index (χ4v) is 4.65. The molecule has 0 unspecified atom stereocenters. The number of aromatic nitrogens is 4. The molecule has 1 aliphatic rings. The summed E-state index contributed by atoms with van der Waals surface area (Å²) in [5, 5.41) is 8.77. The largest absolute Gasteiger partial charge is 0.353 e. The molecule has 0 saturated carbocycles. The van der Waals surface area contributed by atoms with E-state index in [9.17, 15) is 9.59 Å². The molecule has 0 atom stereocenters. The molecule has 152 valence electrons. The Labute approximate surface area is 172 Å². The Kier molecular flexibility index (Phi) is 5.57. The first-order chi connectivity index (χ1) is 14.0. The van der Waals surface area contributed by atoms with Crippen molar-refractivity contribution in [3.8, 4) is 0 Å². The number of rotatable bonds is 4. The Morgan fingerprint density at radius 3 is 2.86 bits per heavy atom. The first-order valence-corrected chi connectivity index (χ1v) is 10.6. The van der Waals surface area contributed by atoms with Gasteiger partial charge in [0.2, 0.25) is 5.91 Å². The second kappa shape index (κ2) is 8.28. The van der Waals surface area contributed by atoms with Crippen molar-refractivity contribution in [2.75, 3.05) is 31.1 Å². The summed E-state index contributed by atoms with van der Waals surface area (Å²) < 4.78 is 1.56. The van der Waals surface area contributed by atoms with Gasteiger partial charge in [-0.3, -0.25) is 14.2 Å². The third-order valence-corrected chi connectivity index (χ3v) is 6.57. The molecular weight excluding hydrogens is 388 g/mol. The van der Waals surface area contributed by atoms with Crippen LogP contribution in [0.4, 0.5) is 5.82 Å². The molecule has 0 aliphatic carbocycles. The van der Waals surface area contributed by atoms with E-state index in [2.05, 4.69) is 20.1 Å². The van der Waals surface area contributed by atoms with Gasteiger partial charge in [-0.05, 0) is 38.0 Å². The number of fused-ring (bicyclic) bond motifs is 1. The minimum Gasteiger partial charge on any atom is -0.353 e. The first kappa shape index (κ1) is 19.5. The predicted octanol–water partition coefficient (Wildman–Crippen LogP) is 1.99. The fourth-order valence-electron chi connectivity index (χ4n) is 3.66. The quantitative estimate of drug-likeness (QED) is 0.652. The predicted molar refractivity (Wildman–Crippen MR) is 113 cm³/mol. The van der Waals surface area contributed by atoms with E-state index >= 15 is 0 Å². The van der Waals surface area contributed by atoms with Crippen molar-refractivity contribution in [2.24, 2.45) is 0 Å². The zero-order chi connectivity index (χ0) is 20.4. The Hall–Kier alpha value is -2.81. The first-order valence-electron chi connectivity index (χ1n) is 9.80. The molecule has 0 bridgehead atoms. The Morgan fingerprint density at radius 1 is 1.21 bits per heavy atom. The van der Waals surface area contributed by atoms with Gasteiger partial charge in [0.25, 0.3) is 5.56 Å². The molecule has 1 fully saturated rings. The number of carbonyl (C=O) groups is 1. The summed E-state index contributed by atoms with van der Waals surface area (Å²) in [5.41, 5.74) is 0.925. The van der Waals surface area contributed by atoms with Gasteiger partial charge >= 0.3 is 0 Å². The summed E-state index contributed by atoms with van der Waals surface area (Å²) in [7, 11) is 0. The molecule has 0 aromatic carbocycles. The molecule has 0 radical (unpaired) electrons. The van der Waals surface area contributed by atoms with E-state index in [1.165, 1.54) is 11.3 Å². The summed E-state index contributed by atoms with van der Waals surface area (Å²) in [6.45, 7) is 7.23. The molecule has 29 heavy (non-hydrogen) atoms. The van der Waals surface area contributed by atoms with Crippen LogP contribution in [0, 0.1) is 13.8 Å². The lowest BCUT2D eigenvalue weighted by Gasteiger charge is -2.22. The van der Waals surface area contributed by atoms with Crippen LogP contribution >= 0.6 is 11.3 Å². The van der Waals surface area contributed by atoms with E-state index < -0.39 is 0 Å². The highest BCUT2D eigenvalue weighted by molar-refractivity contribution is 7.18. The van der Waals surface area contributed by atoms with E-state index in [1.54, 1.807) is 17.1 Å². The number of thiophene rings is 1. The topological polar surface area (TPSA) is 84.2 Å². The number of amides is 1. The second-order valence-electron chi connectivity index (χ2n) is 7.26. The average Bonchev–Trinajstić information content (AvgIpc) is 2.90. The molecule has 1 saturated heterocycles. The van der Waals surface area contributed by atoms with Crippen LogP contribution < -0.4 is 10.5 Å². The van der Waals surface area contributed by atoms with E-state index in [-0.39, 0.29) is 11.5 Å². The van der Waals surface area contributed by atoms with Gasteiger partial charge in [0.15, 0.2) is 5.82 Å². The number of aryl methyl sites for hydroxylation is 3. The van der Waals surface area contributed by atoms with Crippen LogP contribution in [0.3, 0.4) is 0 Å². The molecule has 0 N–H and O–H groups in total. The van der Waals surface area contributed by atoms with Crippen molar-refractivity contribution in [1.82, 2.24) is 24.6 Å². The number of nitrogens with zero attached hydrogens (tertiary/aromatic N) is 6. The standard InChI is InChI=1S/C20H24N6O2S/c1-14-15(2)29-19-18(14)20(28)26(13-21-19)10-6-17(27)25-9-4-8-24(11-12-25)16-5-3-7-22-23-16/h3,5,7,13H,4,6,8-12H2,1-2H3. The van der Waals surface area contributed by atoms with Crippen LogP contribution in [-0.4, -0.2) is 56.7 Å². The Balaban J connectivity index is 1.40. The third-order valence-electron chi connectivity index (χ3n) is 5.45. The normalized spacial score (nSPS) is 15.0. The highest BCUT2D eigenvalue weighted by Crippen LogP contribution is 2.25. The lowest BCUT2D eigenvalue weighted by Crippen LogP contribution is -2.36. The summed E-state index contributed by atoms with van der Waals surface area (Å²) >= 11 is 1.54. The highest BCUT2D eigenvalue weighted by Gasteiger charge is 2.20. The van der Waals surface area contributed by atoms with Crippen LogP contribution in [0.15, 0.2) is 29.5 Å². The van der Waals surface area contributed by atoms with Gasteiger partial charge in [0.1, 0.15) is 4.83 Å². The summed E-state index contributed by atoms with van der Waals surface area (Å²) in [4.78, 5) is 35.9. The molecule has 0 spiro atoms. The lowest BCUT2D eigenvalue weighted by atomic mass is 10.2. The zero-order valence-electron chi connectivity index (χ0n) is 16.7. The Bertz CT molecular complexity index is 1080. The molecule has 1 amide bonds. The molecule has 4 heterocycles. The van der Waals surface area contributed by atoms with E-state index in [1.807, 2.05) is 30.9 Å². The van der Waals surface area contributed by atoms with Gasteiger partial charge in [0.05, 0.1) is 11.7 Å². The van der Waals surface area contributed by atoms with Crippen LogP contribution in [0.25, 0.3) is 10.2 Å². The number of anilines is 1. The van der Waals surface area contributed by atoms with Crippen LogP contribution in [0.2, 0.25) is 0 Å². The molecular formula is C20H24N6O2S. The van der Waals surface area contributed by atoms with Gasteiger partial charge in [0, 0.05) is 50.2 Å². The van der Waals surface area contributed by atoms with E-state index in [0.29, 0.717) is 31.4 Å². The summed E-state index contributed by atoms with van der Waals surface area (Å²) in [6.07, 6.45) is 4.39. The third kappa shape index (κ3) is 4.00. The van der Waals surface area contributed by atoms with Crippen LogP contribution in [-0.2, 0) is 11.3 Å². The molecule has 4 rings (SSSR count). The van der Waals surface area contributed by atoms with Crippen molar-refractivity contribution in [3.63, 3.8) is 0 Å². The van der Waals surface area contributed by atoms with Gasteiger partial charge in [-0.1, -0.05) is 0 Å². The maximum atomic E-state index is 12.8. The van der Waals surface area contributed by atoms with Crippen LogP contribution in [0.1, 0.15) is 23.3 Å². The molecule has 3 aromatic rings. The average molecular weight is 413 g/mol. The maximum Gasteiger partial charge on any atom is 0.262 e. The van der Waals surface area contributed by atoms with Crippen molar-refractivity contribution in [1.29, 1.82) is 0 Å². The zero-order valence-corrected chi connectivity index (χ0v) is 17.5. The highest BCUT2D eigenvalue weighted by atomic mass is 32.1. The second-order valence-corrected chi connectivity index (χ2v) is 8.46. The van der Waals surface area contributed by atoms with Gasteiger partial charge in [-0.25, -0.2) is 4.98 Å². The van der Waals surface area contributed by atoms with E-state index in [4.69, 9.17) is 0 Å². The molecule has 1 aliphatic heterocycles. The monoisotopic (exact) mass is 412 g/mol. The van der Waals surface area contributed by atoms with Gasteiger partial charge in [-0.2, -0.15) is 5.10 Å². The van der Waals surface area contributed by atoms with Crippen molar-refractivity contribution >= 4 is 33.3 Å². The smallest absolute Gasteiger partial charge is 0.262 e. The SMILES string of the molecule is Cc1sc2ncn(CCC(=O)N3CCCN(c4cccnn4)CC3)c(=O)c2c1C. The number of carbonyl (C=O) groups excluding carboxylic acids is 1. The van der Waals surface area contributed by atoms with E-state index in [0.717, 1.165) is 40.6 Å². The van der Waals surface area contributed by atoms with Crippen LogP contribution in [0.5, 0.6) is 0 Å². The number of hydrogen-bond acceptors (Lipinski definition) is 7. The number of hydrogen-bond donors (Lipinski definition) is 0. The van der Waals surface area contributed by atoms with Crippen molar-refractivity contribution in [2.45, 2.75) is 33.2 Å². The molecule has 3 aromatic heterocycles. The van der Waals surface area contributed by atoms with Gasteiger partial charge < -0.3 is 9.80 Å². The summed E-state index contributed by atoms with van der Waals surface area (Å²) in [5.74, 6) is 0.908. The minimum absolute atomic E-state index is 0.0608. The van der Waals surface area contributed by atoms with Crippen molar-refractivity contribution < 1.29 is 4.79 Å². The Morgan fingerprint density at radius 2 is 2.07 bits per heavy atom. The molecule has 8 nitrogen and oxygen atoms in total. The summed E-state index contributed by atoms with van der Waals surface area (Å²) in [6, 6.07) is 3.81. The maximum absolute atomic E-state index is 12.8.